The van der Waals surface area contributed by atoms with Crippen LogP contribution in [0.2, 0.25) is 0 Å². The Balaban J connectivity index is 1.48. The number of aromatic nitrogens is 2. The Morgan fingerprint density at radius 1 is 1.09 bits per heavy atom. The van der Waals surface area contributed by atoms with Gasteiger partial charge in [-0.1, -0.05) is 0 Å². The number of morpholine rings is 1. The lowest BCUT2D eigenvalue weighted by molar-refractivity contribution is -0.134. The molecule has 0 spiro atoms. The Morgan fingerprint density at radius 3 is 2.48 bits per heavy atom. The van der Waals surface area contributed by atoms with E-state index in [9.17, 15) is 9.59 Å². The van der Waals surface area contributed by atoms with E-state index in [1.54, 1.807) is 7.05 Å². The fourth-order valence-corrected chi connectivity index (χ4v) is 4.31. The molecule has 1 aromatic heterocycles. The number of ether oxygens (including phenoxy) is 1. The fourth-order valence-electron chi connectivity index (χ4n) is 4.31. The maximum atomic E-state index is 12.9. The number of nitrogens with two attached hydrogens (primary N) is 1. The van der Waals surface area contributed by atoms with Gasteiger partial charge in [0, 0.05) is 43.5 Å². The Kier molecular flexibility index (Phi) is 5.63. The molecule has 3 heterocycles. The van der Waals surface area contributed by atoms with Crippen LogP contribution >= 0.6 is 0 Å². The first-order chi connectivity index (χ1) is 16.0. The first-order valence-electron chi connectivity index (χ1n) is 11.4. The van der Waals surface area contributed by atoms with Gasteiger partial charge in [-0.3, -0.25) is 4.79 Å². The van der Waals surface area contributed by atoms with E-state index in [0.717, 1.165) is 48.6 Å². The van der Waals surface area contributed by atoms with Crippen molar-refractivity contribution in [1.82, 2.24) is 20.2 Å². The number of rotatable bonds is 4. The zero-order valence-electron chi connectivity index (χ0n) is 18.8. The van der Waals surface area contributed by atoms with Gasteiger partial charge in [-0.25, -0.2) is 14.8 Å². The normalized spacial score (nSPS) is 19.0. The summed E-state index contributed by atoms with van der Waals surface area (Å²) in [6.07, 6.45) is 2.21. The number of amides is 3. The van der Waals surface area contributed by atoms with Crippen molar-refractivity contribution in [3.63, 3.8) is 0 Å². The Morgan fingerprint density at radius 2 is 1.82 bits per heavy atom. The summed E-state index contributed by atoms with van der Waals surface area (Å²) in [5.74, 6) is 1.54. The molecule has 2 aromatic rings. The number of fused-ring (bicyclic) bond motifs is 1. The van der Waals surface area contributed by atoms with E-state index in [-0.39, 0.29) is 11.9 Å². The van der Waals surface area contributed by atoms with E-state index >= 15 is 0 Å². The fraction of sp³-hybridized carbons (Fsp3) is 0.478. The Hall–Kier alpha value is -3.24. The molecule has 174 valence electrons. The lowest BCUT2D eigenvalue weighted by atomic mass is 10.0. The average Bonchev–Trinajstić information content (AvgIpc) is 3.61. The summed E-state index contributed by atoms with van der Waals surface area (Å²) in [4.78, 5) is 38.4. The molecule has 0 radical (unpaired) electrons. The smallest absolute Gasteiger partial charge is 0.318 e. The van der Waals surface area contributed by atoms with E-state index in [0.29, 0.717) is 44.2 Å². The largest absolute Gasteiger partial charge is 0.378 e. The van der Waals surface area contributed by atoms with Crippen LogP contribution in [0.3, 0.4) is 0 Å². The highest BCUT2D eigenvalue weighted by atomic mass is 16.5. The van der Waals surface area contributed by atoms with E-state index in [4.69, 9.17) is 20.4 Å². The van der Waals surface area contributed by atoms with Crippen LogP contribution in [0, 0.1) is 0 Å². The summed E-state index contributed by atoms with van der Waals surface area (Å²) in [5, 5.41) is 5.29. The molecule has 1 saturated carbocycles. The van der Waals surface area contributed by atoms with Crippen molar-refractivity contribution in [2.45, 2.75) is 31.3 Å². The molecule has 4 N–H and O–H groups in total. The second-order valence-corrected chi connectivity index (χ2v) is 8.81. The highest BCUT2D eigenvalue weighted by Crippen LogP contribution is 2.37. The van der Waals surface area contributed by atoms with Gasteiger partial charge in [0.05, 0.1) is 31.0 Å². The van der Waals surface area contributed by atoms with Crippen molar-refractivity contribution in [1.29, 1.82) is 0 Å². The molecule has 2 fully saturated rings. The molecule has 1 saturated heterocycles. The van der Waals surface area contributed by atoms with Gasteiger partial charge in [0.15, 0.2) is 5.82 Å². The van der Waals surface area contributed by atoms with Crippen LogP contribution in [0.4, 0.5) is 16.3 Å². The van der Waals surface area contributed by atoms with Gasteiger partial charge < -0.3 is 30.9 Å². The number of hydrogen-bond donors (Lipinski definition) is 3. The van der Waals surface area contributed by atoms with Crippen LogP contribution < -0.4 is 21.3 Å². The Labute approximate surface area is 192 Å². The second kappa shape index (κ2) is 8.60. The van der Waals surface area contributed by atoms with Crippen LogP contribution in [-0.2, 0) is 22.5 Å². The van der Waals surface area contributed by atoms with Crippen LogP contribution in [0.15, 0.2) is 24.3 Å². The zero-order valence-corrected chi connectivity index (χ0v) is 18.8. The first kappa shape index (κ1) is 21.6. The molecule has 1 aromatic carbocycles. The van der Waals surface area contributed by atoms with Crippen molar-refractivity contribution >= 4 is 23.4 Å². The standard InChI is InChI=1S/C23H29N7O3/c1-25-22(32)26-16-4-2-15(3-5-16)19-27-18-14-30(21(31)23(24)7-8-23)9-6-17(18)20(28-19)29-10-12-33-13-11-29/h2-5H,6-14,24H2,1H3,(H2,25,26,32). The van der Waals surface area contributed by atoms with Gasteiger partial charge in [-0.2, -0.15) is 0 Å². The van der Waals surface area contributed by atoms with Crippen LogP contribution in [0.1, 0.15) is 24.1 Å². The third kappa shape index (κ3) is 4.36. The average molecular weight is 452 g/mol. The van der Waals surface area contributed by atoms with Gasteiger partial charge in [-0.05, 0) is 43.5 Å². The van der Waals surface area contributed by atoms with Crippen molar-refractivity contribution in [2.75, 3.05) is 50.1 Å². The van der Waals surface area contributed by atoms with Gasteiger partial charge >= 0.3 is 6.03 Å². The lowest BCUT2D eigenvalue weighted by Crippen LogP contribution is -2.48. The highest BCUT2D eigenvalue weighted by molar-refractivity contribution is 5.90. The molecule has 5 rings (SSSR count). The summed E-state index contributed by atoms with van der Waals surface area (Å²) >= 11 is 0. The van der Waals surface area contributed by atoms with Crippen molar-refractivity contribution in [2.24, 2.45) is 5.73 Å². The van der Waals surface area contributed by atoms with E-state index < -0.39 is 5.54 Å². The minimum Gasteiger partial charge on any atom is -0.378 e. The summed E-state index contributed by atoms with van der Waals surface area (Å²) in [6, 6.07) is 7.15. The molecule has 10 heteroatoms. The molecular formula is C23H29N7O3. The SMILES string of the molecule is CNC(=O)Nc1ccc(-c2nc3c(c(N4CCOCC4)n2)CCN(C(=O)C2(N)CC2)C3)cc1. The molecule has 33 heavy (non-hydrogen) atoms. The molecule has 3 amide bonds. The number of urea groups is 1. The number of nitrogens with zero attached hydrogens (tertiary/aromatic N) is 4. The minimum atomic E-state index is -0.686. The van der Waals surface area contributed by atoms with Crippen LogP contribution in [0.5, 0.6) is 0 Å². The summed E-state index contributed by atoms with van der Waals surface area (Å²) in [7, 11) is 1.57. The van der Waals surface area contributed by atoms with Crippen LogP contribution in [-0.4, -0.2) is 72.2 Å². The maximum Gasteiger partial charge on any atom is 0.318 e. The number of hydrogen-bond acceptors (Lipinski definition) is 7. The summed E-state index contributed by atoms with van der Waals surface area (Å²) < 4.78 is 5.54. The van der Waals surface area contributed by atoms with E-state index in [2.05, 4.69) is 15.5 Å². The molecule has 10 nitrogen and oxygen atoms in total. The lowest BCUT2D eigenvalue weighted by Gasteiger charge is -2.35. The van der Waals surface area contributed by atoms with E-state index in [1.165, 1.54) is 0 Å². The van der Waals surface area contributed by atoms with Crippen molar-refractivity contribution < 1.29 is 14.3 Å². The minimum absolute atomic E-state index is 0.0193. The van der Waals surface area contributed by atoms with Crippen molar-refractivity contribution in [3.05, 3.63) is 35.5 Å². The molecule has 3 aliphatic rings. The maximum absolute atomic E-state index is 12.9. The van der Waals surface area contributed by atoms with Crippen LogP contribution in [0.25, 0.3) is 11.4 Å². The van der Waals surface area contributed by atoms with E-state index in [1.807, 2.05) is 29.2 Å². The number of benzene rings is 1. The predicted octanol–water partition coefficient (Wildman–Crippen LogP) is 1.11. The van der Waals surface area contributed by atoms with Crippen molar-refractivity contribution in [3.8, 4) is 11.4 Å². The molecule has 0 atom stereocenters. The predicted molar refractivity (Wildman–Crippen MR) is 124 cm³/mol. The first-order valence-corrected chi connectivity index (χ1v) is 11.4. The number of nitrogens with one attached hydrogen (secondary N) is 2. The third-order valence-corrected chi connectivity index (χ3v) is 6.48. The zero-order chi connectivity index (χ0) is 23.0. The van der Waals surface area contributed by atoms with Gasteiger partial charge in [0.25, 0.3) is 0 Å². The molecule has 1 aliphatic carbocycles. The second-order valence-electron chi connectivity index (χ2n) is 8.81. The quantitative estimate of drug-likeness (QED) is 0.636. The monoisotopic (exact) mass is 451 g/mol. The Bertz CT molecular complexity index is 1060. The number of carbonyl (C=O) groups is 2. The number of anilines is 2. The van der Waals surface area contributed by atoms with Gasteiger partial charge in [0.2, 0.25) is 5.91 Å². The molecule has 0 unspecified atom stereocenters. The molecule has 0 bridgehead atoms. The number of carbonyl (C=O) groups excluding carboxylic acids is 2. The molecular weight excluding hydrogens is 422 g/mol. The summed E-state index contributed by atoms with van der Waals surface area (Å²) in [5.41, 5.74) is 9.00. The highest BCUT2D eigenvalue weighted by Gasteiger charge is 2.48. The molecule has 2 aliphatic heterocycles. The summed E-state index contributed by atoms with van der Waals surface area (Å²) in [6.45, 7) is 3.93. The topological polar surface area (TPSA) is 126 Å². The van der Waals surface area contributed by atoms with Gasteiger partial charge in [0.1, 0.15) is 5.82 Å². The third-order valence-electron chi connectivity index (χ3n) is 6.48. The van der Waals surface area contributed by atoms with Gasteiger partial charge in [-0.15, -0.1) is 0 Å².